The predicted octanol–water partition coefficient (Wildman–Crippen LogP) is 4.82. The number of hydrogen-bond acceptors (Lipinski definition) is 2. The van der Waals surface area contributed by atoms with Gasteiger partial charge in [0, 0.05) is 0 Å². The lowest BCUT2D eigenvalue weighted by Gasteiger charge is -2.36. The van der Waals surface area contributed by atoms with Crippen LogP contribution in [0.2, 0.25) is 18.1 Å². The van der Waals surface area contributed by atoms with Gasteiger partial charge in [0.05, 0.1) is 11.6 Å². The van der Waals surface area contributed by atoms with Gasteiger partial charge < -0.3 is 8.84 Å². The molecule has 2 nitrogen and oxygen atoms in total. The fourth-order valence-corrected chi connectivity index (χ4v) is 2.52. The second-order valence-corrected chi connectivity index (χ2v) is 10.7. The first kappa shape index (κ1) is 12.2. The van der Waals surface area contributed by atoms with E-state index in [0.717, 1.165) is 16.7 Å². The second kappa shape index (κ2) is 3.91. The Labute approximate surface area is 104 Å². The molecule has 0 unspecified atom stereocenters. The Morgan fingerprint density at radius 2 is 1.82 bits per heavy atom. The van der Waals surface area contributed by atoms with Crippen LogP contribution >= 0.6 is 0 Å². The van der Waals surface area contributed by atoms with Crippen LogP contribution in [-0.2, 0) is 0 Å². The summed E-state index contributed by atoms with van der Waals surface area (Å²) >= 11 is 0. The SMILES string of the molecule is CC(C)(C)[Si](C)(C)Oc1cccc2occc12. The van der Waals surface area contributed by atoms with Crippen LogP contribution in [0.1, 0.15) is 20.8 Å². The fourth-order valence-electron chi connectivity index (χ4n) is 1.48. The average molecular weight is 248 g/mol. The van der Waals surface area contributed by atoms with Crippen molar-refractivity contribution in [1.29, 1.82) is 0 Å². The third kappa shape index (κ3) is 2.25. The van der Waals surface area contributed by atoms with E-state index in [1.807, 2.05) is 24.3 Å². The molecular formula is C14H20O2Si. The summed E-state index contributed by atoms with van der Waals surface area (Å²) in [6.45, 7) is 11.2. The Bertz CT molecular complexity index is 520. The Kier molecular flexibility index (Phi) is 2.82. The van der Waals surface area contributed by atoms with Gasteiger partial charge in [0.2, 0.25) is 0 Å². The van der Waals surface area contributed by atoms with Crippen molar-refractivity contribution < 1.29 is 8.84 Å². The highest BCUT2D eigenvalue weighted by molar-refractivity contribution is 6.74. The van der Waals surface area contributed by atoms with Crippen molar-refractivity contribution in [3.05, 3.63) is 30.5 Å². The van der Waals surface area contributed by atoms with E-state index in [2.05, 4.69) is 33.9 Å². The maximum absolute atomic E-state index is 6.32. The normalized spacial score (nSPS) is 13.0. The number of furan rings is 1. The Hall–Kier alpha value is -1.22. The molecule has 0 atom stereocenters. The Morgan fingerprint density at radius 1 is 1.12 bits per heavy atom. The van der Waals surface area contributed by atoms with Crippen molar-refractivity contribution in [3.63, 3.8) is 0 Å². The van der Waals surface area contributed by atoms with Crippen LogP contribution in [0.25, 0.3) is 11.0 Å². The molecule has 0 spiro atoms. The van der Waals surface area contributed by atoms with E-state index in [4.69, 9.17) is 8.84 Å². The molecule has 1 heterocycles. The van der Waals surface area contributed by atoms with Gasteiger partial charge in [0.15, 0.2) is 0 Å². The average Bonchev–Trinajstić information content (AvgIpc) is 2.64. The molecule has 3 heteroatoms. The van der Waals surface area contributed by atoms with E-state index < -0.39 is 8.32 Å². The highest BCUT2D eigenvalue weighted by Crippen LogP contribution is 2.39. The monoisotopic (exact) mass is 248 g/mol. The van der Waals surface area contributed by atoms with Gasteiger partial charge in [-0.1, -0.05) is 26.8 Å². The Balaban J connectivity index is 2.39. The predicted molar refractivity (Wildman–Crippen MR) is 74.0 cm³/mol. The van der Waals surface area contributed by atoms with Crippen LogP contribution in [0.15, 0.2) is 34.9 Å². The van der Waals surface area contributed by atoms with E-state index in [1.165, 1.54) is 0 Å². The minimum atomic E-state index is -1.78. The van der Waals surface area contributed by atoms with Crippen LogP contribution in [0.3, 0.4) is 0 Å². The first-order chi connectivity index (χ1) is 7.81. The summed E-state index contributed by atoms with van der Waals surface area (Å²) in [5, 5.41) is 1.27. The first-order valence-corrected chi connectivity index (χ1v) is 8.87. The summed E-state index contributed by atoms with van der Waals surface area (Å²) in [7, 11) is -1.78. The molecule has 0 aliphatic carbocycles. The molecule has 92 valence electrons. The molecular weight excluding hydrogens is 228 g/mol. The van der Waals surface area contributed by atoms with Gasteiger partial charge in [0.25, 0.3) is 8.32 Å². The minimum Gasteiger partial charge on any atom is -0.543 e. The van der Waals surface area contributed by atoms with Gasteiger partial charge in [-0.2, -0.15) is 0 Å². The van der Waals surface area contributed by atoms with Crippen LogP contribution in [-0.4, -0.2) is 8.32 Å². The largest absolute Gasteiger partial charge is 0.543 e. The standard InChI is InChI=1S/C14H20O2Si/c1-14(2,3)17(4,5)16-13-8-6-7-12-11(13)9-10-15-12/h6-10H,1-5H3. The van der Waals surface area contributed by atoms with Gasteiger partial charge in [-0.3, -0.25) is 0 Å². The fraction of sp³-hybridized carbons (Fsp3) is 0.429. The molecule has 0 aliphatic rings. The maximum atomic E-state index is 6.32. The van der Waals surface area contributed by atoms with Crippen molar-refractivity contribution >= 4 is 19.3 Å². The van der Waals surface area contributed by atoms with E-state index in [1.54, 1.807) is 6.26 Å². The lowest BCUT2D eigenvalue weighted by atomic mass is 10.2. The van der Waals surface area contributed by atoms with Crippen LogP contribution in [0.4, 0.5) is 0 Å². The lowest BCUT2D eigenvalue weighted by Crippen LogP contribution is -2.43. The van der Waals surface area contributed by atoms with Crippen molar-refractivity contribution in [2.75, 3.05) is 0 Å². The third-order valence-corrected chi connectivity index (χ3v) is 7.97. The zero-order chi connectivity index (χ0) is 12.7. The van der Waals surface area contributed by atoms with E-state index in [9.17, 15) is 0 Å². The summed E-state index contributed by atoms with van der Waals surface area (Å²) in [6.07, 6.45) is 1.71. The van der Waals surface area contributed by atoms with Gasteiger partial charge in [-0.25, -0.2) is 0 Å². The van der Waals surface area contributed by atoms with Crippen LogP contribution < -0.4 is 4.43 Å². The van der Waals surface area contributed by atoms with E-state index in [0.29, 0.717) is 0 Å². The number of hydrogen-bond donors (Lipinski definition) is 0. The highest BCUT2D eigenvalue weighted by atomic mass is 28.4. The molecule has 1 aromatic carbocycles. The topological polar surface area (TPSA) is 22.4 Å². The highest BCUT2D eigenvalue weighted by Gasteiger charge is 2.39. The number of rotatable bonds is 2. The van der Waals surface area contributed by atoms with Crippen molar-refractivity contribution in [3.8, 4) is 5.75 Å². The smallest absolute Gasteiger partial charge is 0.250 e. The van der Waals surface area contributed by atoms with Gasteiger partial charge in [0.1, 0.15) is 11.3 Å². The molecule has 0 amide bonds. The molecule has 2 rings (SSSR count). The maximum Gasteiger partial charge on any atom is 0.250 e. The molecule has 0 bridgehead atoms. The molecule has 1 aromatic heterocycles. The molecule has 0 fully saturated rings. The molecule has 2 aromatic rings. The summed E-state index contributed by atoms with van der Waals surface area (Å²) in [5.74, 6) is 0.947. The molecule has 17 heavy (non-hydrogen) atoms. The summed E-state index contributed by atoms with van der Waals surface area (Å²) in [4.78, 5) is 0. The van der Waals surface area contributed by atoms with E-state index >= 15 is 0 Å². The second-order valence-electron chi connectivity index (χ2n) is 5.95. The van der Waals surface area contributed by atoms with Gasteiger partial charge in [-0.05, 0) is 36.3 Å². The van der Waals surface area contributed by atoms with Crippen LogP contribution in [0.5, 0.6) is 5.75 Å². The molecule has 0 saturated carbocycles. The number of benzene rings is 1. The minimum absolute atomic E-state index is 0.207. The first-order valence-electron chi connectivity index (χ1n) is 5.96. The van der Waals surface area contributed by atoms with Crippen molar-refractivity contribution in [2.24, 2.45) is 0 Å². The third-order valence-electron chi connectivity index (χ3n) is 3.63. The van der Waals surface area contributed by atoms with E-state index in [-0.39, 0.29) is 5.04 Å². The molecule has 0 saturated heterocycles. The van der Waals surface area contributed by atoms with Gasteiger partial charge >= 0.3 is 0 Å². The zero-order valence-electron chi connectivity index (χ0n) is 11.2. The summed E-state index contributed by atoms with van der Waals surface area (Å²) in [6, 6.07) is 7.94. The van der Waals surface area contributed by atoms with Gasteiger partial charge in [-0.15, -0.1) is 0 Å². The summed E-state index contributed by atoms with van der Waals surface area (Å²) in [5.41, 5.74) is 0.890. The summed E-state index contributed by atoms with van der Waals surface area (Å²) < 4.78 is 11.7. The number of fused-ring (bicyclic) bond motifs is 1. The lowest BCUT2D eigenvalue weighted by molar-refractivity contribution is 0.496. The Morgan fingerprint density at radius 3 is 2.47 bits per heavy atom. The quantitative estimate of drug-likeness (QED) is 0.711. The molecule has 0 N–H and O–H groups in total. The molecule has 0 aliphatic heterocycles. The van der Waals surface area contributed by atoms with Crippen LogP contribution in [0, 0.1) is 0 Å². The van der Waals surface area contributed by atoms with Crippen molar-refractivity contribution in [2.45, 2.75) is 38.9 Å². The van der Waals surface area contributed by atoms with Crippen molar-refractivity contribution in [1.82, 2.24) is 0 Å². The zero-order valence-corrected chi connectivity index (χ0v) is 12.2. The molecule has 0 radical (unpaired) electrons.